The third-order valence-corrected chi connectivity index (χ3v) is 9.76. The van der Waals surface area contributed by atoms with Gasteiger partial charge in [-0.2, -0.15) is 0 Å². The maximum absolute atomic E-state index is 14.2. The summed E-state index contributed by atoms with van der Waals surface area (Å²) in [6.07, 6.45) is 1.11. The summed E-state index contributed by atoms with van der Waals surface area (Å²) in [5, 5.41) is 71.1. The topological polar surface area (TPSA) is 191 Å². The van der Waals surface area contributed by atoms with Gasteiger partial charge in [0.2, 0.25) is 5.78 Å². The smallest absolute Gasteiger partial charge is 0.259 e. The monoisotopic (exact) mass is 585 g/mol. The van der Waals surface area contributed by atoms with Crippen molar-refractivity contribution in [3.8, 4) is 5.75 Å². The van der Waals surface area contributed by atoms with Crippen molar-refractivity contribution < 1.29 is 45.0 Å². The number of phenolic OH excluding ortho intramolecular Hbond substituents is 1. The fraction of sp³-hybridized carbons (Fsp3) is 0.567. The van der Waals surface area contributed by atoms with E-state index in [1.54, 1.807) is 0 Å². The standard InChI is InChI=1S/C30H39N3O9/c1-5-14-9-11-33(12-10-14)13-31-28(40)19-24(36)22(32(3)4)21-25(37)20-18(26(38)30(21,42)27(19)39)23(35)17-15(29(20,2)41)7-6-8-16(17)34/h6-8,14,20-22,25,34-35,37,39,41-42H,5,9-13H2,1-4H3,(H,31,40)/t20-,21-,22+,25+,29-,30+/m1/s1. The van der Waals surface area contributed by atoms with Crippen molar-refractivity contribution in [1.82, 2.24) is 15.1 Å². The van der Waals surface area contributed by atoms with Crippen LogP contribution in [0.4, 0.5) is 0 Å². The van der Waals surface area contributed by atoms with Gasteiger partial charge in [-0.3, -0.25) is 24.2 Å². The molecule has 2 fully saturated rings. The number of hydrogen-bond donors (Lipinski definition) is 7. The predicted octanol–water partition coefficient (Wildman–Crippen LogP) is 0.310. The first kappa shape index (κ1) is 30.2. The lowest BCUT2D eigenvalue weighted by molar-refractivity contribution is -0.181. The summed E-state index contributed by atoms with van der Waals surface area (Å²) in [6.45, 7) is 4.96. The molecule has 42 heavy (non-hydrogen) atoms. The van der Waals surface area contributed by atoms with Crippen molar-refractivity contribution in [2.45, 2.75) is 56.5 Å². The highest BCUT2D eigenvalue weighted by atomic mass is 16.4. The first-order valence-corrected chi connectivity index (χ1v) is 14.3. The van der Waals surface area contributed by atoms with E-state index in [2.05, 4.69) is 12.2 Å². The Morgan fingerprint density at radius 2 is 1.76 bits per heavy atom. The van der Waals surface area contributed by atoms with Crippen LogP contribution in [0.2, 0.25) is 0 Å². The minimum absolute atomic E-state index is 0.0254. The summed E-state index contributed by atoms with van der Waals surface area (Å²) in [5.41, 5.74) is -6.74. The molecule has 1 saturated carbocycles. The quantitative estimate of drug-likeness (QED) is 0.235. The van der Waals surface area contributed by atoms with Crippen LogP contribution >= 0.6 is 0 Å². The molecule has 0 spiro atoms. The zero-order chi connectivity index (χ0) is 30.9. The van der Waals surface area contributed by atoms with Crippen molar-refractivity contribution >= 4 is 23.2 Å². The molecule has 0 radical (unpaired) electrons. The van der Waals surface area contributed by atoms with E-state index in [0.717, 1.165) is 32.4 Å². The molecule has 228 valence electrons. The van der Waals surface area contributed by atoms with Crippen molar-refractivity contribution in [2.75, 3.05) is 33.9 Å². The van der Waals surface area contributed by atoms with Gasteiger partial charge in [-0.15, -0.1) is 0 Å². The van der Waals surface area contributed by atoms with Crippen LogP contribution in [0.1, 0.15) is 44.2 Å². The lowest BCUT2D eigenvalue weighted by Gasteiger charge is -2.55. The number of rotatable bonds is 5. The normalized spacial score (nSPS) is 33.9. The molecule has 1 aliphatic heterocycles. The first-order valence-electron chi connectivity index (χ1n) is 14.3. The Balaban J connectivity index is 1.60. The third-order valence-electron chi connectivity index (χ3n) is 9.76. The second kappa shape index (κ2) is 10.5. The Kier molecular flexibility index (Phi) is 7.51. The van der Waals surface area contributed by atoms with Crippen LogP contribution < -0.4 is 5.32 Å². The summed E-state index contributed by atoms with van der Waals surface area (Å²) < 4.78 is 0. The molecule has 3 aliphatic carbocycles. The number of carbonyl (C=O) groups is 3. The van der Waals surface area contributed by atoms with Crippen LogP contribution in [0.5, 0.6) is 5.75 Å². The second-order valence-corrected chi connectivity index (χ2v) is 12.3. The maximum Gasteiger partial charge on any atom is 0.259 e. The fourth-order valence-corrected chi connectivity index (χ4v) is 7.40. The van der Waals surface area contributed by atoms with Gasteiger partial charge in [-0.1, -0.05) is 25.5 Å². The molecule has 6 atom stereocenters. The van der Waals surface area contributed by atoms with Gasteiger partial charge in [-0.05, 0) is 51.4 Å². The molecule has 0 unspecified atom stereocenters. The number of ketones is 2. The minimum Gasteiger partial charge on any atom is -0.508 e. The van der Waals surface area contributed by atoms with Crippen molar-refractivity contribution in [1.29, 1.82) is 0 Å². The minimum atomic E-state index is -3.01. The number of aliphatic hydroxyl groups excluding tert-OH is 3. The molecule has 5 rings (SSSR count). The average molecular weight is 586 g/mol. The molecule has 1 saturated heterocycles. The van der Waals surface area contributed by atoms with E-state index >= 15 is 0 Å². The Bertz CT molecular complexity index is 1390. The van der Waals surface area contributed by atoms with Gasteiger partial charge in [-0.25, -0.2) is 0 Å². The van der Waals surface area contributed by atoms with Gasteiger partial charge in [0, 0.05) is 13.1 Å². The Hall–Kier alpha value is -3.29. The Labute approximate surface area is 243 Å². The number of likely N-dealkylation sites (tertiary alicyclic amines) is 1. The number of Topliss-reactive ketones (excluding diaryl/α,β-unsaturated/α-hetero) is 2. The molecular weight excluding hydrogens is 546 g/mol. The van der Waals surface area contributed by atoms with E-state index in [1.807, 2.05) is 4.90 Å². The Morgan fingerprint density at radius 3 is 2.36 bits per heavy atom. The molecule has 0 bridgehead atoms. The molecule has 1 amide bonds. The van der Waals surface area contributed by atoms with Gasteiger partial charge in [0.1, 0.15) is 22.8 Å². The second-order valence-electron chi connectivity index (χ2n) is 12.3. The van der Waals surface area contributed by atoms with E-state index < -0.39 is 81.1 Å². The number of piperidine rings is 1. The van der Waals surface area contributed by atoms with E-state index in [4.69, 9.17) is 0 Å². The van der Waals surface area contributed by atoms with Crippen molar-refractivity contribution in [3.05, 3.63) is 46.2 Å². The van der Waals surface area contributed by atoms with Crippen LogP contribution in [0.25, 0.3) is 5.76 Å². The van der Waals surface area contributed by atoms with Gasteiger partial charge >= 0.3 is 0 Å². The SMILES string of the molecule is CCC1CCN(CNC(=O)C2=C(O)[C@@]3(O)C(=O)C4=C(O)c5c(O)cccc5[C@@](C)(O)[C@H]4[C@H](O)[C@H]3[C@H](N(C)C)C2=O)CC1. The zero-order valence-electron chi connectivity index (χ0n) is 24.2. The number of aromatic hydroxyl groups is 1. The highest BCUT2D eigenvalue weighted by Gasteiger charge is 2.70. The summed E-state index contributed by atoms with van der Waals surface area (Å²) >= 11 is 0. The van der Waals surface area contributed by atoms with E-state index in [0.29, 0.717) is 5.92 Å². The van der Waals surface area contributed by atoms with Crippen molar-refractivity contribution in [3.63, 3.8) is 0 Å². The van der Waals surface area contributed by atoms with Crippen molar-refractivity contribution in [2.24, 2.45) is 17.8 Å². The number of carbonyl (C=O) groups excluding carboxylic acids is 3. The van der Waals surface area contributed by atoms with Gasteiger partial charge < -0.3 is 36.0 Å². The summed E-state index contributed by atoms with van der Waals surface area (Å²) in [7, 11) is 2.93. The lowest BCUT2D eigenvalue weighted by Crippen LogP contribution is -2.72. The van der Waals surface area contributed by atoms with Crippen LogP contribution in [0.15, 0.2) is 35.1 Å². The molecule has 1 heterocycles. The molecule has 12 nitrogen and oxygen atoms in total. The number of amides is 1. The molecule has 1 aromatic carbocycles. The fourth-order valence-electron chi connectivity index (χ4n) is 7.40. The lowest BCUT2D eigenvalue weighted by atomic mass is 9.53. The van der Waals surface area contributed by atoms with Gasteiger partial charge in [0.05, 0.1) is 47.4 Å². The number of benzene rings is 1. The van der Waals surface area contributed by atoms with E-state index in [-0.39, 0.29) is 17.8 Å². The highest BCUT2D eigenvalue weighted by Crippen LogP contribution is 2.57. The van der Waals surface area contributed by atoms with Crippen LogP contribution in [-0.2, 0) is 20.0 Å². The number of aliphatic hydroxyl groups is 5. The number of nitrogens with zero attached hydrogens (tertiary/aromatic N) is 2. The zero-order valence-corrected chi connectivity index (χ0v) is 24.2. The Morgan fingerprint density at radius 1 is 1.12 bits per heavy atom. The van der Waals surface area contributed by atoms with E-state index in [9.17, 15) is 45.0 Å². The molecule has 1 aromatic rings. The molecule has 0 aromatic heterocycles. The van der Waals surface area contributed by atoms with Gasteiger partial charge in [0.25, 0.3) is 5.91 Å². The van der Waals surface area contributed by atoms with Crippen LogP contribution in [0, 0.1) is 17.8 Å². The first-order chi connectivity index (χ1) is 19.7. The largest absolute Gasteiger partial charge is 0.508 e. The average Bonchev–Trinajstić information content (AvgIpc) is 2.94. The summed E-state index contributed by atoms with van der Waals surface area (Å²) in [6, 6.07) is 2.61. The summed E-state index contributed by atoms with van der Waals surface area (Å²) in [5.74, 6) is -8.34. The number of phenols is 1. The maximum atomic E-state index is 14.2. The third kappa shape index (κ3) is 4.19. The molecule has 12 heteroatoms. The number of nitrogens with one attached hydrogen (secondary N) is 1. The number of hydrogen-bond acceptors (Lipinski definition) is 11. The van der Waals surface area contributed by atoms with Gasteiger partial charge in [0.15, 0.2) is 11.4 Å². The number of likely N-dealkylation sites (N-methyl/N-ethyl adjacent to an activating group) is 1. The number of fused-ring (bicyclic) bond motifs is 3. The predicted molar refractivity (Wildman–Crippen MR) is 150 cm³/mol. The van der Waals surface area contributed by atoms with Crippen LogP contribution in [0.3, 0.4) is 0 Å². The van der Waals surface area contributed by atoms with E-state index in [1.165, 1.54) is 44.1 Å². The molecule has 7 N–H and O–H groups in total. The highest BCUT2D eigenvalue weighted by molar-refractivity contribution is 6.25. The molecule has 4 aliphatic rings. The van der Waals surface area contributed by atoms with Crippen LogP contribution in [-0.4, -0.2) is 110 Å². The molecular formula is C30H39N3O9. The summed E-state index contributed by atoms with van der Waals surface area (Å²) in [4.78, 5) is 44.7.